The summed E-state index contributed by atoms with van der Waals surface area (Å²) >= 11 is 0. The number of nitrogens with zero attached hydrogens (tertiary/aromatic N) is 2. The maximum absolute atomic E-state index is 4.33. The van der Waals surface area contributed by atoms with E-state index in [1.165, 1.54) is 12.0 Å². The molecule has 0 aliphatic rings. The molecule has 0 saturated carbocycles. The van der Waals surface area contributed by atoms with Gasteiger partial charge in [-0.05, 0) is 52.1 Å². The van der Waals surface area contributed by atoms with Crippen molar-refractivity contribution >= 4 is 0 Å². The van der Waals surface area contributed by atoms with Gasteiger partial charge in [-0.25, -0.2) is 0 Å². The Bertz CT molecular complexity index is 296. The van der Waals surface area contributed by atoms with Gasteiger partial charge in [0, 0.05) is 18.3 Å². The number of nitrogens with one attached hydrogen (secondary N) is 1. The smallest absolute Gasteiger partial charge is 0.0521 e. The van der Waals surface area contributed by atoms with Gasteiger partial charge in [0.2, 0.25) is 0 Å². The number of rotatable bonds is 6. The third kappa shape index (κ3) is 5.31. The van der Waals surface area contributed by atoms with Crippen molar-refractivity contribution in [2.45, 2.75) is 59.0 Å². The van der Waals surface area contributed by atoms with Gasteiger partial charge in [0.25, 0.3) is 0 Å². The van der Waals surface area contributed by atoms with E-state index in [2.05, 4.69) is 44.3 Å². The average Bonchev–Trinajstić information content (AvgIpc) is 2.60. The molecule has 0 aliphatic heterocycles. The second-order valence-corrected chi connectivity index (χ2v) is 5.39. The quantitative estimate of drug-likeness (QED) is 0.751. The molecule has 3 nitrogen and oxygen atoms in total. The van der Waals surface area contributed by atoms with Gasteiger partial charge in [0.15, 0.2) is 0 Å². The van der Waals surface area contributed by atoms with E-state index in [0.717, 1.165) is 25.9 Å². The average molecular weight is 223 g/mol. The van der Waals surface area contributed by atoms with E-state index in [9.17, 15) is 0 Å². The molecule has 1 aromatic heterocycles. The molecule has 0 atom stereocenters. The Kier molecular flexibility index (Phi) is 5.00. The lowest BCUT2D eigenvalue weighted by Gasteiger charge is -2.20. The minimum Gasteiger partial charge on any atom is -0.312 e. The molecule has 0 radical (unpaired) electrons. The van der Waals surface area contributed by atoms with Crippen LogP contribution in [-0.2, 0) is 13.0 Å². The van der Waals surface area contributed by atoms with Gasteiger partial charge in [-0.3, -0.25) is 4.68 Å². The molecule has 0 spiro atoms. The summed E-state index contributed by atoms with van der Waals surface area (Å²) in [6.45, 7) is 10.9. The van der Waals surface area contributed by atoms with Crippen molar-refractivity contribution < 1.29 is 0 Å². The highest BCUT2D eigenvalue weighted by molar-refractivity contribution is 5.03. The van der Waals surface area contributed by atoms with Crippen LogP contribution in [0.1, 0.15) is 46.1 Å². The molecule has 1 heterocycles. The first-order valence-electron chi connectivity index (χ1n) is 6.27. The second kappa shape index (κ2) is 6.04. The lowest BCUT2D eigenvalue weighted by atomic mass is 10.1. The lowest BCUT2D eigenvalue weighted by Crippen LogP contribution is -2.36. The second-order valence-electron chi connectivity index (χ2n) is 5.39. The Hall–Kier alpha value is -0.830. The van der Waals surface area contributed by atoms with Gasteiger partial charge >= 0.3 is 0 Å². The van der Waals surface area contributed by atoms with Crippen molar-refractivity contribution in [2.75, 3.05) is 6.54 Å². The summed E-state index contributed by atoms with van der Waals surface area (Å²) in [6.07, 6.45) is 7.60. The minimum absolute atomic E-state index is 0.229. The van der Waals surface area contributed by atoms with Crippen molar-refractivity contribution in [3.8, 4) is 0 Å². The normalized spacial score (nSPS) is 12.0. The van der Waals surface area contributed by atoms with Crippen molar-refractivity contribution in [1.82, 2.24) is 15.1 Å². The Balaban J connectivity index is 2.21. The van der Waals surface area contributed by atoms with Gasteiger partial charge in [-0.1, -0.05) is 6.92 Å². The van der Waals surface area contributed by atoms with Crippen molar-refractivity contribution in [1.29, 1.82) is 0 Å². The summed E-state index contributed by atoms with van der Waals surface area (Å²) in [7, 11) is 0. The van der Waals surface area contributed by atoms with E-state index in [0.29, 0.717) is 0 Å². The molecule has 1 rings (SSSR count). The van der Waals surface area contributed by atoms with E-state index in [1.54, 1.807) is 0 Å². The summed E-state index contributed by atoms with van der Waals surface area (Å²) in [4.78, 5) is 0. The lowest BCUT2D eigenvalue weighted by molar-refractivity contribution is 0.422. The summed E-state index contributed by atoms with van der Waals surface area (Å²) in [6, 6.07) is 0. The first-order chi connectivity index (χ1) is 7.51. The maximum Gasteiger partial charge on any atom is 0.0521 e. The standard InChI is InChI=1S/C13H25N3/c1-5-9-16-11-12(10-15-16)7-6-8-14-13(2,3)4/h10-11,14H,5-9H2,1-4H3. The topological polar surface area (TPSA) is 29.9 Å². The Morgan fingerprint density at radius 1 is 1.38 bits per heavy atom. The molecular formula is C13H25N3. The van der Waals surface area contributed by atoms with Crippen LogP contribution in [0.15, 0.2) is 12.4 Å². The zero-order chi connectivity index (χ0) is 12.0. The largest absolute Gasteiger partial charge is 0.312 e. The Labute approximate surface area is 99.2 Å². The third-order valence-corrected chi connectivity index (χ3v) is 2.44. The maximum atomic E-state index is 4.33. The van der Waals surface area contributed by atoms with E-state index in [4.69, 9.17) is 0 Å². The first-order valence-corrected chi connectivity index (χ1v) is 6.27. The van der Waals surface area contributed by atoms with Crippen LogP contribution in [0.25, 0.3) is 0 Å². The third-order valence-electron chi connectivity index (χ3n) is 2.44. The molecule has 0 fully saturated rings. The predicted octanol–water partition coefficient (Wildman–Crippen LogP) is 2.61. The van der Waals surface area contributed by atoms with Gasteiger partial charge in [-0.15, -0.1) is 0 Å². The molecule has 1 aromatic rings. The summed E-state index contributed by atoms with van der Waals surface area (Å²) in [5.74, 6) is 0. The van der Waals surface area contributed by atoms with E-state index in [1.807, 2.05) is 10.9 Å². The highest BCUT2D eigenvalue weighted by Crippen LogP contribution is 2.04. The van der Waals surface area contributed by atoms with Gasteiger partial charge < -0.3 is 5.32 Å². The fraction of sp³-hybridized carbons (Fsp3) is 0.769. The van der Waals surface area contributed by atoms with Crippen molar-refractivity contribution in [3.63, 3.8) is 0 Å². The molecule has 0 saturated heterocycles. The number of aromatic nitrogens is 2. The number of aryl methyl sites for hydroxylation is 2. The molecule has 16 heavy (non-hydrogen) atoms. The molecule has 0 aromatic carbocycles. The molecular weight excluding hydrogens is 198 g/mol. The van der Waals surface area contributed by atoms with E-state index < -0.39 is 0 Å². The van der Waals surface area contributed by atoms with Crippen LogP contribution >= 0.6 is 0 Å². The monoisotopic (exact) mass is 223 g/mol. The number of hydrogen-bond donors (Lipinski definition) is 1. The highest BCUT2D eigenvalue weighted by atomic mass is 15.3. The van der Waals surface area contributed by atoms with Crippen LogP contribution in [0.5, 0.6) is 0 Å². The van der Waals surface area contributed by atoms with Crippen LogP contribution in [-0.4, -0.2) is 21.9 Å². The van der Waals surface area contributed by atoms with E-state index >= 15 is 0 Å². The first kappa shape index (κ1) is 13.2. The van der Waals surface area contributed by atoms with Crippen LogP contribution in [0.2, 0.25) is 0 Å². The Morgan fingerprint density at radius 3 is 2.75 bits per heavy atom. The van der Waals surface area contributed by atoms with Crippen LogP contribution < -0.4 is 5.32 Å². The highest BCUT2D eigenvalue weighted by Gasteiger charge is 2.07. The molecule has 0 unspecified atom stereocenters. The van der Waals surface area contributed by atoms with Crippen LogP contribution in [0.3, 0.4) is 0 Å². The van der Waals surface area contributed by atoms with Crippen LogP contribution in [0.4, 0.5) is 0 Å². The fourth-order valence-electron chi connectivity index (χ4n) is 1.64. The zero-order valence-electron chi connectivity index (χ0n) is 11.1. The summed E-state index contributed by atoms with van der Waals surface area (Å²) < 4.78 is 2.03. The molecule has 0 amide bonds. The van der Waals surface area contributed by atoms with Crippen molar-refractivity contribution in [3.05, 3.63) is 18.0 Å². The Morgan fingerprint density at radius 2 is 2.12 bits per heavy atom. The fourth-order valence-corrected chi connectivity index (χ4v) is 1.64. The minimum atomic E-state index is 0.229. The number of hydrogen-bond acceptors (Lipinski definition) is 2. The molecule has 1 N–H and O–H groups in total. The van der Waals surface area contributed by atoms with E-state index in [-0.39, 0.29) is 5.54 Å². The predicted molar refractivity (Wildman–Crippen MR) is 68.6 cm³/mol. The molecule has 0 aliphatic carbocycles. The van der Waals surface area contributed by atoms with Gasteiger partial charge in [0.1, 0.15) is 0 Å². The molecule has 0 bridgehead atoms. The molecule has 92 valence electrons. The van der Waals surface area contributed by atoms with Gasteiger partial charge in [0.05, 0.1) is 6.20 Å². The molecule has 3 heteroatoms. The SMILES string of the molecule is CCCn1cc(CCCNC(C)(C)C)cn1. The van der Waals surface area contributed by atoms with Crippen molar-refractivity contribution in [2.24, 2.45) is 0 Å². The van der Waals surface area contributed by atoms with Gasteiger partial charge in [-0.2, -0.15) is 5.10 Å². The summed E-state index contributed by atoms with van der Waals surface area (Å²) in [5.41, 5.74) is 1.58. The zero-order valence-corrected chi connectivity index (χ0v) is 11.1. The van der Waals surface area contributed by atoms with Crippen LogP contribution in [0, 0.1) is 0 Å². The summed E-state index contributed by atoms with van der Waals surface area (Å²) in [5, 5.41) is 7.83.